The Hall–Kier alpha value is -3.00. The van der Waals surface area contributed by atoms with Crippen LogP contribution in [0.1, 0.15) is 47.0 Å². The SMILES string of the molecule is CC(C)OC(=O)c1ccc(C[C@@H]2[C@H](O)c3ccccc3S(=O)(=O)N2Cc2ccccc2)cc1. The highest BCUT2D eigenvalue weighted by molar-refractivity contribution is 7.89. The third-order valence-corrected chi connectivity index (χ3v) is 7.66. The summed E-state index contributed by atoms with van der Waals surface area (Å²) < 4.78 is 33.7. The van der Waals surface area contributed by atoms with Gasteiger partial charge in [-0.2, -0.15) is 4.31 Å². The van der Waals surface area contributed by atoms with Gasteiger partial charge in [0, 0.05) is 12.1 Å². The van der Waals surface area contributed by atoms with E-state index in [-0.39, 0.29) is 17.5 Å². The maximum atomic E-state index is 13.6. The van der Waals surface area contributed by atoms with Crippen molar-refractivity contribution in [2.45, 2.75) is 50.0 Å². The van der Waals surface area contributed by atoms with E-state index >= 15 is 0 Å². The number of carbonyl (C=O) groups is 1. The number of nitrogens with zero attached hydrogens (tertiary/aromatic N) is 1. The predicted molar refractivity (Wildman–Crippen MR) is 125 cm³/mol. The Morgan fingerprint density at radius 1 is 0.939 bits per heavy atom. The van der Waals surface area contributed by atoms with Crippen LogP contribution >= 0.6 is 0 Å². The van der Waals surface area contributed by atoms with Crippen molar-refractivity contribution < 1.29 is 23.1 Å². The van der Waals surface area contributed by atoms with Gasteiger partial charge in [-0.3, -0.25) is 0 Å². The normalized spacial score (nSPS) is 19.8. The topological polar surface area (TPSA) is 83.9 Å². The van der Waals surface area contributed by atoms with E-state index in [4.69, 9.17) is 4.74 Å². The molecule has 7 heteroatoms. The molecule has 172 valence electrons. The highest BCUT2D eigenvalue weighted by Gasteiger charge is 2.43. The van der Waals surface area contributed by atoms with Crippen molar-refractivity contribution in [1.82, 2.24) is 4.31 Å². The van der Waals surface area contributed by atoms with E-state index in [9.17, 15) is 18.3 Å². The van der Waals surface area contributed by atoms with Crippen LogP contribution in [-0.2, 0) is 27.7 Å². The van der Waals surface area contributed by atoms with Crippen LogP contribution < -0.4 is 0 Å². The number of fused-ring (bicyclic) bond motifs is 1. The van der Waals surface area contributed by atoms with E-state index in [1.54, 1.807) is 56.3 Å². The number of hydrogen-bond acceptors (Lipinski definition) is 5. The van der Waals surface area contributed by atoms with E-state index in [1.807, 2.05) is 30.3 Å². The highest BCUT2D eigenvalue weighted by atomic mass is 32.2. The van der Waals surface area contributed by atoms with Crippen LogP contribution in [0.4, 0.5) is 0 Å². The first kappa shape index (κ1) is 23.2. The van der Waals surface area contributed by atoms with Gasteiger partial charge in [0.25, 0.3) is 0 Å². The number of sulfonamides is 1. The first-order valence-electron chi connectivity index (χ1n) is 10.9. The molecule has 2 atom stereocenters. The van der Waals surface area contributed by atoms with Gasteiger partial charge in [0.15, 0.2) is 0 Å². The van der Waals surface area contributed by atoms with Crippen molar-refractivity contribution >= 4 is 16.0 Å². The van der Waals surface area contributed by atoms with Gasteiger partial charge in [0.05, 0.1) is 28.7 Å². The maximum Gasteiger partial charge on any atom is 0.338 e. The van der Waals surface area contributed by atoms with Crippen LogP contribution in [0, 0.1) is 0 Å². The summed E-state index contributed by atoms with van der Waals surface area (Å²) in [5.41, 5.74) is 2.48. The van der Waals surface area contributed by atoms with Crippen LogP contribution in [0.15, 0.2) is 83.8 Å². The zero-order valence-corrected chi connectivity index (χ0v) is 19.4. The number of aliphatic hydroxyl groups excluding tert-OH is 1. The van der Waals surface area contributed by atoms with Gasteiger partial charge in [0.1, 0.15) is 0 Å². The molecular formula is C26H27NO5S. The molecule has 0 spiro atoms. The third kappa shape index (κ3) is 4.85. The van der Waals surface area contributed by atoms with Crippen LogP contribution in [0.25, 0.3) is 0 Å². The maximum absolute atomic E-state index is 13.6. The van der Waals surface area contributed by atoms with Crippen LogP contribution in [-0.4, -0.2) is 35.9 Å². The Kier molecular flexibility index (Phi) is 6.65. The summed E-state index contributed by atoms with van der Waals surface area (Å²) in [7, 11) is -3.82. The lowest BCUT2D eigenvalue weighted by atomic mass is 9.95. The minimum absolute atomic E-state index is 0.136. The fraction of sp³-hybridized carbons (Fsp3) is 0.269. The first-order chi connectivity index (χ1) is 15.8. The number of carbonyl (C=O) groups excluding carboxylic acids is 1. The Labute approximate surface area is 194 Å². The smallest absolute Gasteiger partial charge is 0.338 e. The van der Waals surface area contributed by atoms with Crippen molar-refractivity contribution in [3.63, 3.8) is 0 Å². The quantitative estimate of drug-likeness (QED) is 0.554. The number of hydrogen-bond donors (Lipinski definition) is 1. The zero-order chi connectivity index (χ0) is 23.6. The molecule has 0 radical (unpaired) electrons. The fourth-order valence-electron chi connectivity index (χ4n) is 4.11. The first-order valence-corrected chi connectivity index (χ1v) is 12.3. The van der Waals surface area contributed by atoms with Gasteiger partial charge < -0.3 is 9.84 Å². The summed E-state index contributed by atoms with van der Waals surface area (Å²) in [5, 5.41) is 11.2. The number of aliphatic hydroxyl groups is 1. The molecule has 1 heterocycles. The van der Waals surface area contributed by atoms with E-state index in [0.717, 1.165) is 11.1 Å². The molecule has 1 aliphatic rings. The Morgan fingerprint density at radius 2 is 1.58 bits per heavy atom. The average molecular weight is 466 g/mol. The van der Waals surface area contributed by atoms with Crippen molar-refractivity contribution in [3.8, 4) is 0 Å². The molecule has 1 N–H and O–H groups in total. The van der Waals surface area contributed by atoms with Gasteiger partial charge in [0.2, 0.25) is 10.0 Å². The summed E-state index contributed by atoms with van der Waals surface area (Å²) in [4.78, 5) is 12.3. The van der Waals surface area contributed by atoms with Crippen molar-refractivity contribution in [1.29, 1.82) is 0 Å². The Bertz CT molecular complexity index is 1220. The molecule has 6 nitrogen and oxygen atoms in total. The molecule has 0 saturated heterocycles. The monoisotopic (exact) mass is 465 g/mol. The molecule has 33 heavy (non-hydrogen) atoms. The standard InChI is InChI=1S/C26H27NO5S/c1-18(2)32-26(29)21-14-12-19(13-15-21)16-23-25(28)22-10-6-7-11-24(22)33(30,31)27(23)17-20-8-4-3-5-9-20/h3-15,18,23,25,28H,16-17H2,1-2H3/t23-,25-/m1/s1. The molecule has 0 aromatic heterocycles. The molecule has 1 aliphatic heterocycles. The van der Waals surface area contributed by atoms with Gasteiger partial charge in [-0.1, -0.05) is 60.7 Å². The van der Waals surface area contributed by atoms with Crippen molar-refractivity contribution in [3.05, 3.63) is 101 Å². The molecule has 3 aromatic rings. The second-order valence-electron chi connectivity index (χ2n) is 8.44. The summed E-state index contributed by atoms with van der Waals surface area (Å²) in [5.74, 6) is -0.406. The van der Waals surface area contributed by atoms with Gasteiger partial charge in [-0.15, -0.1) is 0 Å². The highest BCUT2D eigenvalue weighted by Crippen LogP contribution is 2.39. The van der Waals surface area contributed by atoms with Crippen LogP contribution in [0.3, 0.4) is 0 Å². The van der Waals surface area contributed by atoms with E-state index in [2.05, 4.69) is 0 Å². The van der Waals surface area contributed by atoms with Crippen molar-refractivity contribution in [2.24, 2.45) is 0 Å². The zero-order valence-electron chi connectivity index (χ0n) is 18.6. The molecule has 0 unspecified atom stereocenters. The fourth-order valence-corrected chi connectivity index (χ4v) is 5.96. The third-order valence-electron chi connectivity index (χ3n) is 5.72. The summed E-state index contributed by atoms with van der Waals surface area (Å²) in [6.45, 7) is 3.73. The molecule has 0 fully saturated rings. The van der Waals surface area contributed by atoms with Crippen molar-refractivity contribution in [2.75, 3.05) is 0 Å². The number of benzene rings is 3. The summed E-state index contributed by atoms with van der Waals surface area (Å²) in [6.07, 6.45) is -0.911. The summed E-state index contributed by atoms with van der Waals surface area (Å²) in [6, 6.07) is 22.1. The second-order valence-corrected chi connectivity index (χ2v) is 10.3. The predicted octanol–water partition coefficient (Wildman–Crippen LogP) is 4.10. The minimum atomic E-state index is -3.82. The lowest BCUT2D eigenvalue weighted by Crippen LogP contribution is -2.48. The van der Waals surface area contributed by atoms with Gasteiger partial charge in [-0.05, 0) is 49.6 Å². The molecule has 4 rings (SSSR count). The largest absolute Gasteiger partial charge is 0.459 e. The van der Waals surface area contributed by atoms with Crippen LogP contribution in [0.2, 0.25) is 0 Å². The molecule has 0 aliphatic carbocycles. The Morgan fingerprint density at radius 3 is 2.24 bits per heavy atom. The van der Waals surface area contributed by atoms with E-state index < -0.39 is 28.1 Å². The lowest BCUT2D eigenvalue weighted by molar-refractivity contribution is 0.0378. The van der Waals surface area contributed by atoms with E-state index in [1.165, 1.54) is 10.4 Å². The Balaban J connectivity index is 1.67. The number of ether oxygens (including phenoxy) is 1. The molecular weight excluding hydrogens is 438 g/mol. The summed E-state index contributed by atoms with van der Waals surface area (Å²) >= 11 is 0. The lowest BCUT2D eigenvalue weighted by Gasteiger charge is -2.39. The number of rotatable bonds is 6. The van der Waals surface area contributed by atoms with Gasteiger partial charge in [-0.25, -0.2) is 13.2 Å². The second kappa shape index (κ2) is 9.47. The minimum Gasteiger partial charge on any atom is -0.459 e. The van der Waals surface area contributed by atoms with Crippen LogP contribution in [0.5, 0.6) is 0 Å². The van der Waals surface area contributed by atoms with E-state index in [0.29, 0.717) is 17.5 Å². The molecule has 3 aromatic carbocycles. The number of esters is 1. The average Bonchev–Trinajstić information content (AvgIpc) is 2.80. The van der Waals surface area contributed by atoms with Gasteiger partial charge >= 0.3 is 5.97 Å². The molecule has 0 bridgehead atoms. The molecule has 0 amide bonds. The molecule has 0 saturated carbocycles.